The Kier molecular flexibility index (Phi) is 16.6. The van der Waals surface area contributed by atoms with Crippen molar-refractivity contribution in [1.29, 1.82) is 0 Å². The molecule has 0 aliphatic carbocycles. The molecule has 5 aliphatic rings. The Balaban J connectivity index is 1.34. The van der Waals surface area contributed by atoms with Crippen LogP contribution in [0.1, 0.15) is 91.5 Å². The quantitative estimate of drug-likeness (QED) is 0.0890. The number of rotatable bonds is 7. The van der Waals surface area contributed by atoms with E-state index in [-0.39, 0.29) is 101 Å². The summed E-state index contributed by atoms with van der Waals surface area (Å²) in [5.74, 6) is -11.4. The van der Waals surface area contributed by atoms with Crippen LogP contribution in [0.5, 0.6) is 46.0 Å². The number of nitrogens with one attached hydrogen (secondary N) is 5. The molecular weight excluding hydrogens is 1060 g/mol. The van der Waals surface area contributed by atoms with Gasteiger partial charge in [-0.2, -0.15) is 0 Å². The molecule has 0 saturated heterocycles. The van der Waals surface area contributed by atoms with E-state index in [1.54, 1.807) is 7.05 Å². The van der Waals surface area contributed by atoms with E-state index in [2.05, 4.69) is 26.6 Å². The maximum atomic E-state index is 15.0. The van der Waals surface area contributed by atoms with Gasteiger partial charge in [-0.15, -0.1) is 0 Å². The van der Waals surface area contributed by atoms with E-state index in [0.717, 1.165) is 6.07 Å². The molecule has 0 aromatic heterocycles. The number of fused-ring (bicyclic) bond motifs is 15. The lowest BCUT2D eigenvalue weighted by Crippen LogP contribution is -2.52. The molecule has 0 saturated carbocycles. The number of aliphatic hydroxyl groups excluding tert-OH is 2. The van der Waals surface area contributed by atoms with E-state index in [1.807, 2.05) is 13.8 Å². The van der Waals surface area contributed by atoms with Crippen LogP contribution < -0.4 is 41.8 Å². The van der Waals surface area contributed by atoms with Gasteiger partial charge < -0.3 is 72.4 Å². The lowest BCUT2D eigenvalue weighted by molar-refractivity contribution is -0.136. The zero-order valence-corrected chi connectivity index (χ0v) is 43.8. The number of phenols is 4. The van der Waals surface area contributed by atoms with Crippen molar-refractivity contribution in [1.82, 2.24) is 26.6 Å². The minimum atomic E-state index is -1.82. The van der Waals surface area contributed by atoms with Gasteiger partial charge in [0.2, 0.25) is 35.3 Å². The number of hydrogen-bond donors (Lipinski definition) is 12. The summed E-state index contributed by atoms with van der Waals surface area (Å²) in [5, 5.41) is 82.3. The van der Waals surface area contributed by atoms with Gasteiger partial charge >= 0.3 is 0 Å². The van der Waals surface area contributed by atoms with Gasteiger partial charge in [0, 0.05) is 41.4 Å². The van der Waals surface area contributed by atoms with Crippen LogP contribution in [0.25, 0.3) is 11.1 Å². The summed E-state index contributed by atoms with van der Waals surface area (Å²) in [6, 6.07) is 10.8. The average molecular weight is 1110 g/mol. The predicted octanol–water partition coefficient (Wildman–Crippen LogP) is 5.55. The summed E-state index contributed by atoms with van der Waals surface area (Å²) >= 11 is 19.8. The van der Waals surface area contributed by atoms with Crippen molar-refractivity contribution in [2.24, 2.45) is 17.6 Å². The van der Waals surface area contributed by atoms with Crippen molar-refractivity contribution in [2.45, 2.75) is 88.4 Å². The molecule has 11 bridgehead atoms. The Morgan fingerprint density at radius 2 is 1.38 bits per heavy atom. The number of thiocarbonyl (C=S) groups is 1. The molecule has 0 fully saturated rings. The largest absolute Gasteiger partial charge is 0.508 e. The number of nitrogens with two attached hydrogens (primary N) is 1. The molecule has 5 aromatic carbocycles. The summed E-state index contributed by atoms with van der Waals surface area (Å²) < 4.78 is 12.5. The molecule has 77 heavy (non-hydrogen) atoms. The van der Waals surface area contributed by atoms with Gasteiger partial charge in [0.1, 0.15) is 53.0 Å². The highest BCUT2D eigenvalue weighted by molar-refractivity contribution is 7.80. The number of ether oxygens (including phenoxy) is 2. The smallest absolute Gasteiger partial charge is 0.245 e. The number of phenolic OH excluding ortho intramolecular Hbond substituents is 4. The van der Waals surface area contributed by atoms with Crippen molar-refractivity contribution >= 4 is 75.6 Å². The van der Waals surface area contributed by atoms with Crippen LogP contribution in [-0.4, -0.2) is 96.0 Å². The SMILES string of the molecule is CN[C@H](CC(C)C)C(=O)N[C@H]1C(=O)C[C@@H](CC(N)=O)C(=O)N[C@H]2C(=S)C[C@@H]3C(=O)N[C@H](C(=O)NCc4cc(O)cc(O)c4-c4cc3ccc4O)[C@H](O)c3ccc(c(Cl)c3)Oc3cc2cc(c3O)Oc2ccc(cc2Cl)[C@H]1O. The van der Waals surface area contributed by atoms with Crippen LogP contribution in [0, 0.1) is 11.8 Å². The van der Waals surface area contributed by atoms with Gasteiger partial charge in [-0.1, -0.05) is 67.5 Å². The molecule has 5 aromatic rings. The summed E-state index contributed by atoms with van der Waals surface area (Å²) in [6.07, 6.45) is -5.33. The fourth-order valence-corrected chi connectivity index (χ4v) is 10.4. The van der Waals surface area contributed by atoms with E-state index in [0.29, 0.717) is 6.42 Å². The molecule has 0 radical (unpaired) electrons. The lowest BCUT2D eigenvalue weighted by atomic mass is 9.85. The first-order valence-corrected chi connectivity index (χ1v) is 25.4. The van der Waals surface area contributed by atoms with E-state index in [4.69, 9.17) is 50.6 Å². The van der Waals surface area contributed by atoms with Gasteiger partial charge in [0.05, 0.1) is 34.0 Å². The molecule has 5 amide bonds. The number of aliphatic hydroxyl groups is 2. The molecule has 0 unspecified atom stereocenters. The Morgan fingerprint density at radius 3 is 1.97 bits per heavy atom. The topological polar surface area (TPSA) is 328 Å². The molecule has 5 heterocycles. The molecule has 404 valence electrons. The van der Waals surface area contributed by atoms with Gasteiger partial charge in [-0.3, -0.25) is 28.8 Å². The highest BCUT2D eigenvalue weighted by Gasteiger charge is 2.40. The Labute approximate surface area is 455 Å². The lowest BCUT2D eigenvalue weighted by Gasteiger charge is -2.30. The van der Waals surface area contributed by atoms with Crippen molar-refractivity contribution in [2.75, 3.05) is 7.05 Å². The van der Waals surface area contributed by atoms with Crippen molar-refractivity contribution < 1.29 is 68.9 Å². The van der Waals surface area contributed by atoms with Gasteiger partial charge in [0.15, 0.2) is 17.3 Å². The number of ketones is 1. The van der Waals surface area contributed by atoms with E-state index >= 15 is 4.79 Å². The van der Waals surface area contributed by atoms with Crippen molar-refractivity contribution in [3.05, 3.63) is 117 Å². The minimum absolute atomic E-state index is 0.00471. The number of Topliss-reactive ketones (excluding diaryl/α,β-unsaturated/α-hetero) is 1. The summed E-state index contributed by atoms with van der Waals surface area (Å²) in [5.41, 5.74) is 5.94. The van der Waals surface area contributed by atoms with Crippen LogP contribution >= 0.6 is 35.4 Å². The number of halogens is 2. The summed E-state index contributed by atoms with van der Waals surface area (Å²) in [6.45, 7) is 3.38. The van der Waals surface area contributed by atoms with Crippen LogP contribution in [0.2, 0.25) is 10.0 Å². The molecule has 20 nitrogen and oxygen atoms in total. The van der Waals surface area contributed by atoms with Crippen LogP contribution in [0.15, 0.2) is 78.9 Å². The van der Waals surface area contributed by atoms with Crippen molar-refractivity contribution in [3.63, 3.8) is 0 Å². The zero-order chi connectivity index (χ0) is 55.7. The second-order valence-corrected chi connectivity index (χ2v) is 20.8. The standard InChI is InChI=1S/C54H54Cl2N6O14S/c1-22(2)10-34(58-3)53(73)61-46-37(66)15-27(18-43(57)67)51(71)60-45-26-16-40(75-38-8-5-24(48(46)68)13-32(38)55)50(70)41(17-26)76-39-9-6-25(14-33(39)56)49(69)47-54(74)59-21-28-11-29(63)19-36(65)44(28)31-12-23(4-7-35(31)64)30(20-42(45)77)52(72)62-47/h4-9,11-14,16-17,19,22,27,30,34,45-49,58,63-65,68-70H,10,15,18,20-21H2,1-3H3,(H2,57,67)(H,59,74)(H,60,71)(H,61,73)(H,62,72)/t27-,30-,34+,45+,46-,47-,48+,49+/m0/s1. The summed E-state index contributed by atoms with van der Waals surface area (Å²) in [4.78, 5) is 85.3. The van der Waals surface area contributed by atoms with Gasteiger partial charge in [-0.05, 0) is 108 Å². The van der Waals surface area contributed by atoms with E-state index in [1.165, 1.54) is 72.8 Å². The first kappa shape index (κ1) is 55.7. The Morgan fingerprint density at radius 1 is 0.753 bits per heavy atom. The number of amides is 5. The number of primary amides is 1. The second kappa shape index (κ2) is 23.0. The van der Waals surface area contributed by atoms with Crippen LogP contribution in [0.4, 0.5) is 0 Å². The highest BCUT2D eigenvalue weighted by Crippen LogP contribution is 2.48. The molecule has 5 aliphatic heterocycles. The average Bonchev–Trinajstić information content (AvgIpc) is 3.38. The fourth-order valence-electron chi connectivity index (χ4n) is 9.62. The zero-order valence-electron chi connectivity index (χ0n) is 41.4. The monoisotopic (exact) mass is 1110 g/mol. The Bertz CT molecular complexity index is 3230. The maximum absolute atomic E-state index is 15.0. The first-order chi connectivity index (χ1) is 36.5. The number of hydrogen-bond acceptors (Lipinski definition) is 16. The number of benzene rings is 5. The number of aromatic hydroxyl groups is 4. The first-order valence-electron chi connectivity index (χ1n) is 24.3. The number of carbonyl (C=O) groups excluding carboxylic acids is 6. The molecule has 23 heteroatoms. The normalized spacial score (nSPS) is 22.1. The second-order valence-electron chi connectivity index (χ2n) is 19.5. The van der Waals surface area contributed by atoms with Gasteiger partial charge in [-0.25, -0.2) is 0 Å². The van der Waals surface area contributed by atoms with E-state index < -0.39 is 114 Å². The Hall–Kier alpha value is -7.53. The van der Waals surface area contributed by atoms with Crippen molar-refractivity contribution in [3.8, 4) is 57.1 Å². The molecule has 13 N–H and O–H groups in total. The molecule has 8 atom stereocenters. The molecular formula is C54H54Cl2N6O14S. The van der Waals surface area contributed by atoms with Crippen LogP contribution in [0.3, 0.4) is 0 Å². The third-order valence-electron chi connectivity index (χ3n) is 13.6. The third-order valence-corrected chi connectivity index (χ3v) is 14.6. The predicted molar refractivity (Wildman–Crippen MR) is 284 cm³/mol. The summed E-state index contributed by atoms with van der Waals surface area (Å²) in [7, 11) is 1.55. The minimum Gasteiger partial charge on any atom is -0.508 e. The van der Waals surface area contributed by atoms with E-state index in [9.17, 15) is 54.6 Å². The highest BCUT2D eigenvalue weighted by atomic mass is 35.5. The fraction of sp³-hybridized carbons (Fsp3) is 0.315. The van der Waals surface area contributed by atoms with Gasteiger partial charge in [0.25, 0.3) is 0 Å². The van der Waals surface area contributed by atoms with Crippen LogP contribution in [-0.2, 0) is 35.3 Å². The number of likely N-dealkylation sites (N-methyl/N-ethyl adjacent to an activating group) is 1. The number of carbonyl (C=O) groups is 6. The molecule has 10 rings (SSSR count). The molecule has 0 spiro atoms. The maximum Gasteiger partial charge on any atom is 0.245 e. The third kappa shape index (κ3) is 12.0.